The van der Waals surface area contributed by atoms with E-state index in [4.69, 9.17) is 5.73 Å². The van der Waals surface area contributed by atoms with Crippen molar-refractivity contribution in [3.8, 4) is 0 Å². The van der Waals surface area contributed by atoms with Crippen LogP contribution in [0.4, 0.5) is 0 Å². The molecule has 19 heavy (non-hydrogen) atoms. The smallest absolute Gasteiger partial charge is 0.236 e. The zero-order chi connectivity index (χ0) is 13.7. The summed E-state index contributed by atoms with van der Waals surface area (Å²) in [5.74, 6) is -0.157. The average molecular weight is 258 g/mol. The number of rotatable bonds is 5. The van der Waals surface area contributed by atoms with Crippen LogP contribution in [0.3, 0.4) is 0 Å². The van der Waals surface area contributed by atoms with Gasteiger partial charge in [0.05, 0.1) is 18.8 Å². The molecule has 1 heterocycles. The van der Waals surface area contributed by atoms with Gasteiger partial charge in [-0.3, -0.25) is 9.48 Å². The van der Waals surface area contributed by atoms with E-state index >= 15 is 0 Å². The van der Waals surface area contributed by atoms with Crippen LogP contribution in [0.1, 0.15) is 18.1 Å². The lowest BCUT2D eigenvalue weighted by Crippen LogP contribution is -2.37. The standard InChI is InChI=1S/C14H18N4O/c1-11(15)14(19)16-7-13-8-17-18(10-13)9-12-5-3-2-4-6-12/h2-6,8,10-11H,7,9,15H2,1H3,(H,16,19)/t11-/m0/s1. The van der Waals surface area contributed by atoms with Crippen LogP contribution < -0.4 is 11.1 Å². The molecule has 100 valence electrons. The number of nitrogens with one attached hydrogen (secondary N) is 1. The summed E-state index contributed by atoms with van der Waals surface area (Å²) in [6.07, 6.45) is 3.68. The lowest BCUT2D eigenvalue weighted by atomic mass is 10.2. The van der Waals surface area contributed by atoms with Crippen molar-refractivity contribution < 1.29 is 4.79 Å². The van der Waals surface area contributed by atoms with Crippen molar-refractivity contribution in [2.45, 2.75) is 26.1 Å². The number of carbonyl (C=O) groups excluding carboxylic acids is 1. The molecule has 0 saturated heterocycles. The van der Waals surface area contributed by atoms with Crippen molar-refractivity contribution in [2.24, 2.45) is 5.73 Å². The lowest BCUT2D eigenvalue weighted by molar-refractivity contribution is -0.122. The highest BCUT2D eigenvalue weighted by Gasteiger charge is 2.07. The number of hydrogen-bond donors (Lipinski definition) is 2. The van der Waals surface area contributed by atoms with Crippen molar-refractivity contribution in [1.82, 2.24) is 15.1 Å². The molecule has 0 aliphatic carbocycles. The van der Waals surface area contributed by atoms with Crippen molar-refractivity contribution in [1.29, 1.82) is 0 Å². The molecule has 0 unspecified atom stereocenters. The van der Waals surface area contributed by atoms with Crippen LogP contribution >= 0.6 is 0 Å². The Hall–Kier alpha value is -2.14. The first-order valence-electron chi connectivity index (χ1n) is 6.23. The van der Waals surface area contributed by atoms with Crippen LogP contribution in [-0.4, -0.2) is 21.7 Å². The van der Waals surface area contributed by atoms with E-state index in [-0.39, 0.29) is 5.91 Å². The molecule has 1 amide bonds. The normalized spacial score (nSPS) is 12.1. The number of nitrogens with zero attached hydrogens (tertiary/aromatic N) is 2. The molecule has 0 bridgehead atoms. The number of benzene rings is 1. The van der Waals surface area contributed by atoms with E-state index in [1.807, 2.05) is 29.1 Å². The van der Waals surface area contributed by atoms with Crippen LogP contribution in [0.25, 0.3) is 0 Å². The number of carbonyl (C=O) groups is 1. The molecule has 0 aliphatic heterocycles. The van der Waals surface area contributed by atoms with Gasteiger partial charge in [-0.05, 0) is 12.5 Å². The highest BCUT2D eigenvalue weighted by Crippen LogP contribution is 2.03. The molecule has 1 aromatic heterocycles. The molecule has 0 aliphatic rings. The second-order valence-electron chi connectivity index (χ2n) is 4.54. The number of nitrogens with two attached hydrogens (primary N) is 1. The minimum atomic E-state index is -0.487. The quantitative estimate of drug-likeness (QED) is 0.836. The Morgan fingerprint density at radius 2 is 2.11 bits per heavy atom. The largest absolute Gasteiger partial charge is 0.351 e. The number of aromatic nitrogens is 2. The van der Waals surface area contributed by atoms with Crippen molar-refractivity contribution in [3.05, 3.63) is 53.9 Å². The first-order chi connectivity index (χ1) is 9.15. The van der Waals surface area contributed by atoms with E-state index in [9.17, 15) is 4.79 Å². The molecular formula is C14H18N4O. The zero-order valence-corrected chi connectivity index (χ0v) is 10.9. The topological polar surface area (TPSA) is 72.9 Å². The van der Waals surface area contributed by atoms with Gasteiger partial charge in [-0.1, -0.05) is 30.3 Å². The Balaban J connectivity index is 1.91. The van der Waals surface area contributed by atoms with Crippen LogP contribution in [0.5, 0.6) is 0 Å². The van der Waals surface area contributed by atoms with Gasteiger partial charge >= 0.3 is 0 Å². The minimum absolute atomic E-state index is 0.157. The van der Waals surface area contributed by atoms with Gasteiger partial charge in [0.1, 0.15) is 0 Å². The van der Waals surface area contributed by atoms with E-state index in [1.165, 1.54) is 5.56 Å². The lowest BCUT2D eigenvalue weighted by Gasteiger charge is -2.05. The molecule has 3 N–H and O–H groups in total. The summed E-state index contributed by atoms with van der Waals surface area (Å²) in [5.41, 5.74) is 7.63. The van der Waals surface area contributed by atoms with E-state index in [0.29, 0.717) is 6.54 Å². The molecule has 0 spiro atoms. The molecule has 5 nitrogen and oxygen atoms in total. The van der Waals surface area contributed by atoms with Crippen LogP contribution in [0.2, 0.25) is 0 Å². The molecule has 2 rings (SSSR count). The SMILES string of the molecule is C[C@H](N)C(=O)NCc1cnn(Cc2ccccc2)c1. The molecule has 2 aromatic rings. The highest BCUT2D eigenvalue weighted by molar-refractivity contribution is 5.80. The molecule has 0 saturated carbocycles. The fourth-order valence-electron chi connectivity index (χ4n) is 1.70. The minimum Gasteiger partial charge on any atom is -0.351 e. The summed E-state index contributed by atoms with van der Waals surface area (Å²) >= 11 is 0. The van der Waals surface area contributed by atoms with E-state index < -0.39 is 6.04 Å². The summed E-state index contributed by atoms with van der Waals surface area (Å²) < 4.78 is 1.85. The van der Waals surface area contributed by atoms with Gasteiger partial charge in [0, 0.05) is 18.3 Å². The van der Waals surface area contributed by atoms with Crippen LogP contribution in [-0.2, 0) is 17.9 Å². The summed E-state index contributed by atoms with van der Waals surface area (Å²) in [5, 5.41) is 7.03. The molecular weight excluding hydrogens is 240 g/mol. The Morgan fingerprint density at radius 1 is 1.37 bits per heavy atom. The van der Waals surface area contributed by atoms with E-state index in [1.54, 1.807) is 13.1 Å². The molecule has 0 fully saturated rings. The number of amides is 1. The molecule has 5 heteroatoms. The first-order valence-corrected chi connectivity index (χ1v) is 6.23. The van der Waals surface area contributed by atoms with E-state index in [0.717, 1.165) is 12.1 Å². The van der Waals surface area contributed by atoms with Crippen molar-refractivity contribution in [2.75, 3.05) is 0 Å². The second-order valence-corrected chi connectivity index (χ2v) is 4.54. The zero-order valence-electron chi connectivity index (χ0n) is 10.9. The monoisotopic (exact) mass is 258 g/mol. The van der Waals surface area contributed by atoms with Gasteiger partial charge in [-0.2, -0.15) is 5.10 Å². The Bertz CT molecular complexity index is 533. The second kappa shape index (κ2) is 6.15. The summed E-state index contributed by atoms with van der Waals surface area (Å²) in [6, 6.07) is 9.62. The molecule has 1 aromatic carbocycles. The highest BCUT2D eigenvalue weighted by atomic mass is 16.2. The Labute approximate surface area is 112 Å². The summed E-state index contributed by atoms with van der Waals surface area (Å²) in [7, 11) is 0. The predicted octanol–water partition coefficient (Wildman–Crippen LogP) is 0.895. The maximum atomic E-state index is 11.4. The van der Waals surface area contributed by atoms with E-state index in [2.05, 4.69) is 22.5 Å². The number of hydrogen-bond acceptors (Lipinski definition) is 3. The summed E-state index contributed by atoms with van der Waals surface area (Å²) in [6.45, 7) is 2.84. The maximum Gasteiger partial charge on any atom is 0.236 e. The third-order valence-electron chi connectivity index (χ3n) is 2.75. The van der Waals surface area contributed by atoms with Crippen molar-refractivity contribution in [3.63, 3.8) is 0 Å². The van der Waals surface area contributed by atoms with Crippen LogP contribution in [0.15, 0.2) is 42.7 Å². The van der Waals surface area contributed by atoms with Gasteiger partial charge < -0.3 is 11.1 Å². The van der Waals surface area contributed by atoms with Gasteiger partial charge in [-0.25, -0.2) is 0 Å². The Morgan fingerprint density at radius 3 is 2.79 bits per heavy atom. The third kappa shape index (κ3) is 3.93. The fraction of sp³-hybridized carbons (Fsp3) is 0.286. The van der Waals surface area contributed by atoms with Gasteiger partial charge in [0.25, 0.3) is 0 Å². The summed E-state index contributed by atoms with van der Waals surface area (Å²) in [4.78, 5) is 11.4. The molecule has 1 atom stereocenters. The van der Waals surface area contributed by atoms with Crippen LogP contribution in [0, 0.1) is 0 Å². The van der Waals surface area contributed by atoms with Gasteiger partial charge in [0.15, 0.2) is 0 Å². The van der Waals surface area contributed by atoms with Gasteiger partial charge in [0.2, 0.25) is 5.91 Å². The van der Waals surface area contributed by atoms with Crippen molar-refractivity contribution >= 4 is 5.91 Å². The van der Waals surface area contributed by atoms with Gasteiger partial charge in [-0.15, -0.1) is 0 Å². The average Bonchev–Trinajstić information content (AvgIpc) is 2.84. The first kappa shape index (κ1) is 13.3. The molecule has 0 radical (unpaired) electrons. The maximum absolute atomic E-state index is 11.4. The Kier molecular flexibility index (Phi) is 4.30. The third-order valence-corrected chi connectivity index (χ3v) is 2.75. The fourth-order valence-corrected chi connectivity index (χ4v) is 1.70. The predicted molar refractivity (Wildman–Crippen MR) is 73.3 cm³/mol.